The highest BCUT2D eigenvalue weighted by Crippen LogP contribution is 2.28. The number of nitrogens with one attached hydrogen (secondary N) is 1. The van der Waals surface area contributed by atoms with E-state index in [4.69, 9.17) is 4.98 Å². The summed E-state index contributed by atoms with van der Waals surface area (Å²) in [6.07, 6.45) is 0. The zero-order chi connectivity index (χ0) is 20.7. The molecule has 0 aliphatic carbocycles. The van der Waals surface area contributed by atoms with Gasteiger partial charge in [-0.25, -0.2) is 9.97 Å². The fourth-order valence-corrected chi connectivity index (χ4v) is 4.90. The number of fused-ring (bicyclic) bond motifs is 4. The van der Waals surface area contributed by atoms with Crippen molar-refractivity contribution in [1.29, 1.82) is 0 Å². The molecule has 2 aromatic carbocycles. The second-order valence-electron chi connectivity index (χ2n) is 7.11. The molecule has 0 spiro atoms. The maximum atomic E-state index is 12.5. The molecule has 0 saturated carbocycles. The van der Waals surface area contributed by atoms with Gasteiger partial charge in [0, 0.05) is 11.3 Å². The van der Waals surface area contributed by atoms with Crippen LogP contribution in [0.4, 0.5) is 5.13 Å². The van der Waals surface area contributed by atoms with Crippen molar-refractivity contribution in [2.75, 3.05) is 11.1 Å². The van der Waals surface area contributed by atoms with Crippen molar-refractivity contribution in [3.63, 3.8) is 0 Å². The molecule has 0 aliphatic rings. The molecule has 0 unspecified atom stereocenters. The average Bonchev–Trinajstić information content (AvgIpc) is 3.35. The van der Waals surface area contributed by atoms with Gasteiger partial charge in [-0.15, -0.1) is 10.2 Å². The Kier molecular flexibility index (Phi) is 4.84. The zero-order valence-electron chi connectivity index (χ0n) is 16.4. The number of hydrogen-bond acceptors (Lipinski definition) is 7. The van der Waals surface area contributed by atoms with E-state index in [0.717, 1.165) is 32.6 Å². The van der Waals surface area contributed by atoms with Gasteiger partial charge in [-0.2, -0.15) is 0 Å². The third-order valence-corrected chi connectivity index (χ3v) is 6.51. The lowest BCUT2D eigenvalue weighted by Gasteiger charge is -2.11. The first-order valence-corrected chi connectivity index (χ1v) is 11.3. The summed E-state index contributed by atoms with van der Waals surface area (Å²) in [4.78, 5) is 21.8. The Morgan fingerprint density at radius 3 is 2.63 bits per heavy atom. The van der Waals surface area contributed by atoms with Gasteiger partial charge in [0.2, 0.25) is 5.91 Å². The van der Waals surface area contributed by atoms with E-state index >= 15 is 0 Å². The van der Waals surface area contributed by atoms with E-state index in [1.54, 1.807) is 0 Å². The Bertz CT molecular complexity index is 1360. The van der Waals surface area contributed by atoms with Crippen LogP contribution in [0.15, 0.2) is 53.7 Å². The summed E-state index contributed by atoms with van der Waals surface area (Å²) in [6.45, 7) is 4.18. The molecule has 5 aromatic rings. The summed E-state index contributed by atoms with van der Waals surface area (Å²) in [5, 5.41) is 13.8. The topological polar surface area (TPSA) is 85.1 Å². The number of carbonyl (C=O) groups excluding carboxylic acids is 1. The fraction of sp³-hybridized carbons (Fsp3) is 0.190. The van der Waals surface area contributed by atoms with E-state index in [0.29, 0.717) is 10.3 Å². The van der Waals surface area contributed by atoms with Crippen LogP contribution >= 0.6 is 23.1 Å². The van der Waals surface area contributed by atoms with E-state index in [1.807, 2.05) is 52.9 Å². The Labute approximate surface area is 180 Å². The molecule has 5 rings (SSSR count). The van der Waals surface area contributed by atoms with Crippen molar-refractivity contribution >= 4 is 60.9 Å². The van der Waals surface area contributed by atoms with Gasteiger partial charge >= 0.3 is 0 Å². The van der Waals surface area contributed by atoms with Gasteiger partial charge in [0.15, 0.2) is 15.9 Å². The largest absolute Gasteiger partial charge is 0.301 e. The standard InChI is InChI=1S/C21H18N6OS2/c1-12(2)18-22-14-8-4-3-7-13(14)19-25-26-21(27(18)19)29-11-17(28)24-20-23-15-9-5-6-10-16(15)30-20/h3-10,12H,11H2,1-2H3,(H,23,24,28). The summed E-state index contributed by atoms with van der Waals surface area (Å²) in [5.41, 5.74) is 2.54. The van der Waals surface area contributed by atoms with E-state index < -0.39 is 0 Å². The van der Waals surface area contributed by atoms with Crippen LogP contribution in [0.2, 0.25) is 0 Å². The van der Waals surface area contributed by atoms with Gasteiger partial charge in [0.25, 0.3) is 0 Å². The molecule has 3 aromatic heterocycles. The lowest BCUT2D eigenvalue weighted by Crippen LogP contribution is -2.14. The number of hydrogen-bond donors (Lipinski definition) is 1. The molecule has 0 fully saturated rings. The second kappa shape index (κ2) is 7.66. The van der Waals surface area contributed by atoms with Gasteiger partial charge in [-0.05, 0) is 24.3 Å². The number of rotatable bonds is 5. The van der Waals surface area contributed by atoms with Gasteiger partial charge in [-0.3, -0.25) is 9.20 Å². The summed E-state index contributed by atoms with van der Waals surface area (Å²) in [6, 6.07) is 15.7. The van der Waals surface area contributed by atoms with Crippen LogP contribution in [0.1, 0.15) is 25.6 Å². The number of aromatic nitrogens is 5. The lowest BCUT2D eigenvalue weighted by molar-refractivity contribution is -0.113. The molecule has 150 valence electrons. The number of benzene rings is 2. The Balaban J connectivity index is 1.41. The molecule has 1 amide bonds. The van der Waals surface area contributed by atoms with Crippen LogP contribution in [0.3, 0.4) is 0 Å². The van der Waals surface area contributed by atoms with Crippen LogP contribution in [-0.2, 0) is 4.79 Å². The predicted molar refractivity (Wildman–Crippen MR) is 121 cm³/mol. The number of nitrogens with zero attached hydrogens (tertiary/aromatic N) is 5. The molecule has 3 heterocycles. The van der Waals surface area contributed by atoms with Crippen molar-refractivity contribution in [1.82, 2.24) is 24.6 Å². The Morgan fingerprint density at radius 2 is 1.83 bits per heavy atom. The number of thioether (sulfide) groups is 1. The van der Waals surface area contributed by atoms with Crippen molar-refractivity contribution < 1.29 is 4.79 Å². The molecular weight excluding hydrogens is 416 g/mol. The summed E-state index contributed by atoms with van der Waals surface area (Å²) >= 11 is 2.81. The third-order valence-electron chi connectivity index (χ3n) is 4.63. The van der Waals surface area contributed by atoms with Crippen LogP contribution < -0.4 is 5.32 Å². The Hall–Kier alpha value is -3.04. The highest BCUT2D eigenvalue weighted by atomic mass is 32.2. The van der Waals surface area contributed by atoms with Gasteiger partial charge in [-0.1, -0.05) is 61.2 Å². The first kappa shape index (κ1) is 19.0. The maximum Gasteiger partial charge on any atom is 0.236 e. The van der Waals surface area contributed by atoms with Crippen LogP contribution in [0.25, 0.3) is 26.8 Å². The van der Waals surface area contributed by atoms with Crippen molar-refractivity contribution in [3.8, 4) is 0 Å². The summed E-state index contributed by atoms with van der Waals surface area (Å²) in [5.74, 6) is 1.14. The molecular formula is C21H18N6OS2. The number of amides is 1. The van der Waals surface area contributed by atoms with Crippen molar-refractivity contribution in [3.05, 3.63) is 54.4 Å². The Morgan fingerprint density at radius 1 is 1.07 bits per heavy atom. The maximum absolute atomic E-state index is 12.5. The van der Waals surface area contributed by atoms with Crippen molar-refractivity contribution in [2.45, 2.75) is 24.9 Å². The molecule has 1 N–H and O–H groups in total. The number of para-hydroxylation sites is 2. The lowest BCUT2D eigenvalue weighted by atomic mass is 10.2. The first-order chi connectivity index (χ1) is 14.6. The molecule has 0 atom stereocenters. The molecule has 7 nitrogen and oxygen atoms in total. The number of carbonyl (C=O) groups is 1. The molecule has 0 bridgehead atoms. The SMILES string of the molecule is CC(C)c1nc2ccccc2c2nnc(SCC(=O)Nc3nc4ccccc4s3)n12. The fourth-order valence-electron chi connectivity index (χ4n) is 3.28. The smallest absolute Gasteiger partial charge is 0.236 e. The van der Waals surface area contributed by atoms with E-state index in [1.165, 1.54) is 23.1 Å². The van der Waals surface area contributed by atoms with E-state index in [9.17, 15) is 4.79 Å². The van der Waals surface area contributed by atoms with Gasteiger partial charge < -0.3 is 5.32 Å². The average molecular weight is 435 g/mol. The van der Waals surface area contributed by atoms with Gasteiger partial charge in [0.05, 0.1) is 21.5 Å². The third kappa shape index (κ3) is 3.40. The number of anilines is 1. The minimum atomic E-state index is -0.129. The quantitative estimate of drug-likeness (QED) is 0.402. The summed E-state index contributed by atoms with van der Waals surface area (Å²) in [7, 11) is 0. The summed E-state index contributed by atoms with van der Waals surface area (Å²) < 4.78 is 3.01. The highest BCUT2D eigenvalue weighted by Gasteiger charge is 2.18. The second-order valence-corrected chi connectivity index (χ2v) is 9.08. The van der Waals surface area contributed by atoms with Crippen molar-refractivity contribution in [2.24, 2.45) is 0 Å². The van der Waals surface area contributed by atoms with Crippen LogP contribution in [0.5, 0.6) is 0 Å². The minimum absolute atomic E-state index is 0.129. The van der Waals surface area contributed by atoms with E-state index in [-0.39, 0.29) is 17.6 Å². The van der Waals surface area contributed by atoms with Gasteiger partial charge in [0.1, 0.15) is 5.82 Å². The first-order valence-electron chi connectivity index (χ1n) is 9.52. The molecule has 0 saturated heterocycles. The normalized spacial score (nSPS) is 11.7. The highest BCUT2D eigenvalue weighted by molar-refractivity contribution is 7.99. The number of thiazole rings is 1. The molecule has 0 radical (unpaired) electrons. The van der Waals surface area contributed by atoms with Crippen LogP contribution in [0, 0.1) is 0 Å². The predicted octanol–water partition coefficient (Wildman–Crippen LogP) is 4.74. The zero-order valence-corrected chi connectivity index (χ0v) is 18.0. The molecule has 30 heavy (non-hydrogen) atoms. The van der Waals surface area contributed by atoms with E-state index in [2.05, 4.69) is 34.3 Å². The molecule has 0 aliphatic heterocycles. The minimum Gasteiger partial charge on any atom is -0.301 e. The molecule has 9 heteroatoms. The van der Waals surface area contributed by atoms with Crippen LogP contribution in [-0.4, -0.2) is 36.2 Å². The monoisotopic (exact) mass is 434 g/mol.